The molecule has 0 aliphatic carbocycles. The molecule has 0 radical (unpaired) electrons. The van der Waals surface area contributed by atoms with Crippen molar-refractivity contribution in [3.05, 3.63) is 29.6 Å². The van der Waals surface area contributed by atoms with Gasteiger partial charge in [0.25, 0.3) is 5.91 Å². The molecule has 1 aromatic rings. The Bertz CT molecular complexity index is 516. The molecule has 1 rings (SSSR count). The summed E-state index contributed by atoms with van der Waals surface area (Å²) >= 11 is 0. The van der Waals surface area contributed by atoms with Crippen molar-refractivity contribution >= 4 is 15.9 Å². The lowest BCUT2D eigenvalue weighted by Gasteiger charge is -2.06. The van der Waals surface area contributed by atoms with Gasteiger partial charge in [-0.15, -0.1) is 0 Å². The van der Waals surface area contributed by atoms with Crippen molar-refractivity contribution in [3.8, 4) is 0 Å². The first kappa shape index (κ1) is 14.6. The van der Waals surface area contributed by atoms with Crippen molar-refractivity contribution in [2.45, 2.75) is 6.54 Å². The van der Waals surface area contributed by atoms with E-state index in [2.05, 4.69) is 15.0 Å². The zero-order valence-electron chi connectivity index (χ0n) is 10.0. The topological polar surface area (TPSA) is 114 Å². The van der Waals surface area contributed by atoms with Gasteiger partial charge < -0.3 is 11.1 Å². The minimum atomic E-state index is -3.23. The fraction of sp³-hybridized carbons (Fsp3) is 0.400. The van der Waals surface area contributed by atoms with Crippen LogP contribution in [0.2, 0.25) is 0 Å². The van der Waals surface area contributed by atoms with E-state index >= 15 is 0 Å². The summed E-state index contributed by atoms with van der Waals surface area (Å²) in [5.41, 5.74) is 6.49. The summed E-state index contributed by atoms with van der Waals surface area (Å²) in [5, 5.41) is 2.59. The minimum absolute atomic E-state index is 0.152. The SMILES string of the molecule is CS(=O)(=O)NCCNC(=O)c1ccnc(CN)c1. The Morgan fingerprint density at radius 3 is 2.78 bits per heavy atom. The normalized spacial score (nSPS) is 11.2. The number of nitrogens with zero attached hydrogens (tertiary/aromatic N) is 1. The van der Waals surface area contributed by atoms with E-state index in [1.807, 2.05) is 0 Å². The molecule has 100 valence electrons. The van der Waals surface area contributed by atoms with Crippen LogP contribution >= 0.6 is 0 Å². The van der Waals surface area contributed by atoms with Crippen molar-refractivity contribution in [3.63, 3.8) is 0 Å². The molecule has 1 heterocycles. The van der Waals surface area contributed by atoms with Crippen LogP contribution in [0, 0.1) is 0 Å². The number of nitrogens with one attached hydrogen (secondary N) is 2. The maximum atomic E-state index is 11.7. The molecule has 0 saturated carbocycles. The molecule has 18 heavy (non-hydrogen) atoms. The van der Waals surface area contributed by atoms with Crippen LogP contribution in [0.4, 0.5) is 0 Å². The fourth-order valence-electron chi connectivity index (χ4n) is 1.25. The summed E-state index contributed by atoms with van der Waals surface area (Å²) in [6.45, 7) is 0.627. The van der Waals surface area contributed by atoms with Crippen LogP contribution in [0.3, 0.4) is 0 Å². The number of aromatic nitrogens is 1. The van der Waals surface area contributed by atoms with Crippen LogP contribution < -0.4 is 15.8 Å². The van der Waals surface area contributed by atoms with Gasteiger partial charge in [0.2, 0.25) is 10.0 Å². The van der Waals surface area contributed by atoms with Gasteiger partial charge >= 0.3 is 0 Å². The monoisotopic (exact) mass is 272 g/mol. The van der Waals surface area contributed by atoms with E-state index in [4.69, 9.17) is 5.73 Å². The first-order chi connectivity index (χ1) is 8.42. The highest BCUT2D eigenvalue weighted by Crippen LogP contribution is 2.00. The minimum Gasteiger partial charge on any atom is -0.351 e. The third kappa shape index (κ3) is 5.21. The Balaban J connectivity index is 2.45. The van der Waals surface area contributed by atoms with E-state index in [9.17, 15) is 13.2 Å². The number of hydrogen-bond donors (Lipinski definition) is 3. The zero-order chi connectivity index (χ0) is 13.6. The molecular weight excluding hydrogens is 256 g/mol. The third-order valence-electron chi connectivity index (χ3n) is 2.06. The van der Waals surface area contributed by atoms with Crippen molar-refractivity contribution < 1.29 is 13.2 Å². The lowest BCUT2D eigenvalue weighted by Crippen LogP contribution is -2.34. The summed E-state index contributed by atoms with van der Waals surface area (Å²) in [6, 6.07) is 3.16. The van der Waals surface area contributed by atoms with Gasteiger partial charge in [0.1, 0.15) is 0 Å². The van der Waals surface area contributed by atoms with Gasteiger partial charge in [-0.1, -0.05) is 0 Å². The number of carbonyl (C=O) groups excluding carboxylic acids is 1. The van der Waals surface area contributed by atoms with Gasteiger partial charge in [-0.25, -0.2) is 13.1 Å². The molecule has 0 aliphatic rings. The largest absolute Gasteiger partial charge is 0.351 e. The number of rotatable bonds is 6. The smallest absolute Gasteiger partial charge is 0.251 e. The van der Waals surface area contributed by atoms with Gasteiger partial charge in [0.15, 0.2) is 0 Å². The molecule has 8 heteroatoms. The standard InChI is InChI=1S/C10H16N4O3S/c1-18(16,17)14-5-4-13-10(15)8-2-3-12-9(6-8)7-11/h2-3,6,14H,4-5,7,11H2,1H3,(H,13,15). The molecule has 0 bridgehead atoms. The second kappa shape index (κ2) is 6.43. The molecule has 7 nitrogen and oxygen atoms in total. The predicted molar refractivity (Wildman–Crippen MR) is 67.3 cm³/mol. The highest BCUT2D eigenvalue weighted by molar-refractivity contribution is 7.88. The molecule has 0 saturated heterocycles. The van der Waals surface area contributed by atoms with Crippen LogP contribution in [-0.2, 0) is 16.6 Å². The predicted octanol–water partition coefficient (Wildman–Crippen LogP) is -1.18. The van der Waals surface area contributed by atoms with E-state index in [0.717, 1.165) is 6.26 Å². The van der Waals surface area contributed by atoms with Gasteiger partial charge in [0.05, 0.1) is 11.9 Å². The highest BCUT2D eigenvalue weighted by atomic mass is 32.2. The maximum absolute atomic E-state index is 11.7. The third-order valence-corrected chi connectivity index (χ3v) is 2.79. The lowest BCUT2D eigenvalue weighted by atomic mass is 10.2. The lowest BCUT2D eigenvalue weighted by molar-refractivity contribution is 0.0954. The summed E-state index contributed by atoms with van der Waals surface area (Å²) in [5.74, 6) is -0.289. The fourth-order valence-corrected chi connectivity index (χ4v) is 1.72. The van der Waals surface area contributed by atoms with Gasteiger partial charge in [-0.2, -0.15) is 0 Å². The van der Waals surface area contributed by atoms with Crippen molar-refractivity contribution in [2.75, 3.05) is 19.3 Å². The maximum Gasteiger partial charge on any atom is 0.251 e. The van der Waals surface area contributed by atoms with Gasteiger partial charge in [-0.05, 0) is 12.1 Å². The average Bonchev–Trinajstić information content (AvgIpc) is 2.33. The van der Waals surface area contributed by atoms with Crippen LogP contribution in [-0.4, -0.2) is 38.7 Å². The van der Waals surface area contributed by atoms with Crippen molar-refractivity contribution in [1.29, 1.82) is 0 Å². The first-order valence-electron chi connectivity index (χ1n) is 5.30. The molecule has 1 amide bonds. The first-order valence-corrected chi connectivity index (χ1v) is 7.19. The van der Waals surface area contributed by atoms with E-state index < -0.39 is 10.0 Å². The highest BCUT2D eigenvalue weighted by Gasteiger charge is 2.06. The molecule has 1 aromatic heterocycles. The summed E-state index contributed by atoms with van der Waals surface area (Å²) in [4.78, 5) is 15.7. The number of carbonyl (C=O) groups is 1. The Hall–Kier alpha value is -1.51. The average molecular weight is 272 g/mol. The molecule has 4 N–H and O–H groups in total. The molecule has 0 aliphatic heterocycles. The number of sulfonamides is 1. The van der Waals surface area contributed by atoms with E-state index in [-0.39, 0.29) is 25.5 Å². The van der Waals surface area contributed by atoms with Crippen molar-refractivity contribution in [2.24, 2.45) is 5.73 Å². The molecular formula is C10H16N4O3S. The molecule has 0 atom stereocenters. The van der Waals surface area contributed by atoms with Crippen LogP contribution in [0.25, 0.3) is 0 Å². The summed E-state index contributed by atoms with van der Waals surface area (Å²) in [7, 11) is -3.23. The zero-order valence-corrected chi connectivity index (χ0v) is 10.8. The van der Waals surface area contributed by atoms with Gasteiger partial charge in [-0.3, -0.25) is 9.78 Å². The Morgan fingerprint density at radius 1 is 1.44 bits per heavy atom. The number of hydrogen-bond acceptors (Lipinski definition) is 5. The number of nitrogens with two attached hydrogens (primary N) is 1. The van der Waals surface area contributed by atoms with Crippen LogP contribution in [0.1, 0.15) is 16.1 Å². The second-order valence-corrected chi connectivity index (χ2v) is 5.50. The quantitative estimate of drug-likeness (QED) is 0.564. The van der Waals surface area contributed by atoms with Gasteiger partial charge in [0, 0.05) is 31.4 Å². The molecule has 0 fully saturated rings. The van der Waals surface area contributed by atoms with E-state index in [0.29, 0.717) is 11.3 Å². The Kier molecular flexibility index (Phi) is 5.20. The Labute approximate surface area is 106 Å². The van der Waals surface area contributed by atoms with Crippen molar-refractivity contribution in [1.82, 2.24) is 15.0 Å². The number of amides is 1. The second-order valence-electron chi connectivity index (χ2n) is 3.66. The molecule has 0 unspecified atom stereocenters. The van der Waals surface area contributed by atoms with E-state index in [1.165, 1.54) is 6.20 Å². The molecule has 0 aromatic carbocycles. The Morgan fingerprint density at radius 2 is 2.17 bits per heavy atom. The summed E-state index contributed by atoms with van der Waals surface area (Å²) < 4.78 is 23.8. The van der Waals surface area contributed by atoms with E-state index in [1.54, 1.807) is 12.1 Å². The summed E-state index contributed by atoms with van der Waals surface area (Å²) in [6.07, 6.45) is 2.57. The van der Waals surface area contributed by atoms with Crippen LogP contribution in [0.15, 0.2) is 18.3 Å². The van der Waals surface area contributed by atoms with Crippen LogP contribution in [0.5, 0.6) is 0 Å². The molecule has 0 spiro atoms. The number of pyridine rings is 1.